The Bertz CT molecular complexity index is 800. The summed E-state index contributed by atoms with van der Waals surface area (Å²) >= 11 is 6.03. The van der Waals surface area contributed by atoms with E-state index in [2.05, 4.69) is 25.5 Å². The number of nitrogens with one attached hydrogen (secondary N) is 2. The van der Waals surface area contributed by atoms with Gasteiger partial charge in [0.2, 0.25) is 5.82 Å². The van der Waals surface area contributed by atoms with Gasteiger partial charge in [0.1, 0.15) is 0 Å². The Labute approximate surface area is 124 Å². The minimum Gasteiger partial charge on any atom is -0.494 e. The molecule has 106 valence electrons. The first-order valence-electron chi connectivity index (χ1n) is 5.99. The summed E-state index contributed by atoms with van der Waals surface area (Å²) in [4.78, 5) is 19.9. The van der Waals surface area contributed by atoms with Crippen LogP contribution in [0.4, 0.5) is 5.82 Å². The van der Waals surface area contributed by atoms with E-state index >= 15 is 0 Å². The zero-order valence-corrected chi connectivity index (χ0v) is 11.7. The van der Waals surface area contributed by atoms with Crippen molar-refractivity contribution in [2.75, 3.05) is 12.4 Å². The molecule has 0 spiro atoms. The van der Waals surface area contributed by atoms with Gasteiger partial charge in [-0.3, -0.25) is 9.89 Å². The van der Waals surface area contributed by atoms with Gasteiger partial charge in [0, 0.05) is 5.39 Å². The second-order valence-electron chi connectivity index (χ2n) is 4.14. The molecule has 0 atom stereocenters. The van der Waals surface area contributed by atoms with Gasteiger partial charge in [-0.25, -0.2) is 9.97 Å². The lowest BCUT2D eigenvalue weighted by Gasteiger charge is -2.02. The van der Waals surface area contributed by atoms with Gasteiger partial charge >= 0.3 is 0 Å². The number of methoxy groups -OCH3 is 1. The number of hydrogen-bond donors (Lipinski definition) is 2. The monoisotopic (exact) mass is 303 g/mol. The van der Waals surface area contributed by atoms with E-state index in [0.717, 1.165) is 0 Å². The fourth-order valence-electron chi connectivity index (χ4n) is 1.80. The van der Waals surface area contributed by atoms with Crippen molar-refractivity contribution in [3.63, 3.8) is 0 Å². The average Bonchev–Trinajstić information content (AvgIpc) is 2.92. The van der Waals surface area contributed by atoms with Crippen molar-refractivity contribution in [2.45, 2.75) is 0 Å². The highest BCUT2D eigenvalue weighted by Crippen LogP contribution is 2.26. The molecule has 0 saturated heterocycles. The SMILES string of the molecule is COc1cnc(C(=O)Nc2n[nH]c3c(Cl)cccc23)nc1. The van der Waals surface area contributed by atoms with Crippen molar-refractivity contribution in [3.05, 3.63) is 41.4 Å². The van der Waals surface area contributed by atoms with E-state index in [1.807, 2.05) is 0 Å². The summed E-state index contributed by atoms with van der Waals surface area (Å²) in [5.41, 5.74) is 0.658. The first-order valence-corrected chi connectivity index (χ1v) is 6.37. The number of carbonyl (C=O) groups is 1. The molecule has 1 aromatic carbocycles. The third-order valence-corrected chi connectivity index (χ3v) is 3.16. The van der Waals surface area contributed by atoms with Gasteiger partial charge in [0.15, 0.2) is 11.6 Å². The fraction of sp³-hybridized carbons (Fsp3) is 0.0769. The maximum atomic E-state index is 12.1. The summed E-state index contributed by atoms with van der Waals surface area (Å²) in [5, 5.41) is 10.7. The number of anilines is 1. The summed E-state index contributed by atoms with van der Waals surface area (Å²) in [5.74, 6) is 0.403. The van der Waals surface area contributed by atoms with Crippen LogP contribution in [0.2, 0.25) is 5.02 Å². The minimum atomic E-state index is -0.467. The van der Waals surface area contributed by atoms with E-state index < -0.39 is 5.91 Å². The summed E-state index contributed by atoms with van der Waals surface area (Å²) in [6, 6.07) is 5.31. The standard InChI is InChI=1S/C13H10ClN5O2/c1-21-7-5-15-12(16-6-7)13(20)17-11-8-3-2-4-9(14)10(8)18-19-11/h2-6H,1H3,(H2,17,18,19,20). The molecule has 0 unspecified atom stereocenters. The summed E-state index contributed by atoms with van der Waals surface area (Å²) in [6.07, 6.45) is 2.84. The van der Waals surface area contributed by atoms with Crippen molar-refractivity contribution in [1.29, 1.82) is 0 Å². The molecule has 0 bridgehead atoms. The molecular formula is C13H10ClN5O2. The number of aromatic nitrogens is 4. The molecule has 2 N–H and O–H groups in total. The van der Waals surface area contributed by atoms with Gasteiger partial charge < -0.3 is 10.1 Å². The highest BCUT2D eigenvalue weighted by Gasteiger charge is 2.14. The molecule has 3 aromatic rings. The van der Waals surface area contributed by atoms with Crippen LogP contribution in [0.1, 0.15) is 10.6 Å². The molecule has 8 heteroatoms. The van der Waals surface area contributed by atoms with Crippen LogP contribution in [0.25, 0.3) is 10.9 Å². The first-order chi connectivity index (χ1) is 10.2. The zero-order valence-electron chi connectivity index (χ0n) is 10.9. The minimum absolute atomic E-state index is 0.0222. The number of carbonyl (C=O) groups excluding carboxylic acids is 1. The third kappa shape index (κ3) is 2.50. The summed E-state index contributed by atoms with van der Waals surface area (Å²) in [6.45, 7) is 0. The normalized spacial score (nSPS) is 10.6. The molecule has 0 radical (unpaired) electrons. The van der Waals surface area contributed by atoms with Crippen molar-refractivity contribution in [1.82, 2.24) is 20.2 Å². The van der Waals surface area contributed by atoms with Crippen LogP contribution in [0.5, 0.6) is 5.75 Å². The Morgan fingerprint density at radius 3 is 2.81 bits per heavy atom. The maximum absolute atomic E-state index is 12.1. The lowest BCUT2D eigenvalue weighted by molar-refractivity contribution is 0.101. The number of benzene rings is 1. The largest absolute Gasteiger partial charge is 0.494 e. The van der Waals surface area contributed by atoms with Gasteiger partial charge in [-0.2, -0.15) is 5.10 Å². The van der Waals surface area contributed by atoms with Gasteiger partial charge in [-0.05, 0) is 12.1 Å². The quantitative estimate of drug-likeness (QED) is 0.774. The van der Waals surface area contributed by atoms with Gasteiger partial charge in [-0.1, -0.05) is 17.7 Å². The Balaban J connectivity index is 1.87. The van der Waals surface area contributed by atoms with Crippen LogP contribution in [0.15, 0.2) is 30.6 Å². The number of halogens is 1. The Hall–Kier alpha value is -2.67. The van der Waals surface area contributed by atoms with Crippen molar-refractivity contribution in [3.8, 4) is 5.75 Å². The first kappa shape index (κ1) is 13.3. The number of nitrogens with zero attached hydrogens (tertiary/aromatic N) is 3. The molecule has 0 aliphatic heterocycles. The lowest BCUT2D eigenvalue weighted by Crippen LogP contribution is -2.15. The van der Waals surface area contributed by atoms with Crippen LogP contribution >= 0.6 is 11.6 Å². The summed E-state index contributed by atoms with van der Waals surface area (Å²) in [7, 11) is 1.50. The maximum Gasteiger partial charge on any atom is 0.294 e. The van der Waals surface area contributed by atoms with Crippen LogP contribution in [0.3, 0.4) is 0 Å². The van der Waals surface area contributed by atoms with Crippen LogP contribution in [-0.2, 0) is 0 Å². The Morgan fingerprint density at radius 2 is 2.10 bits per heavy atom. The molecule has 0 saturated carbocycles. The molecule has 1 amide bonds. The number of aromatic amines is 1. The van der Waals surface area contributed by atoms with E-state index in [1.54, 1.807) is 18.2 Å². The van der Waals surface area contributed by atoms with Crippen molar-refractivity contribution >= 4 is 34.2 Å². The van der Waals surface area contributed by atoms with E-state index in [-0.39, 0.29) is 5.82 Å². The fourth-order valence-corrected chi connectivity index (χ4v) is 2.02. The van der Waals surface area contributed by atoms with Gasteiger partial charge in [-0.15, -0.1) is 0 Å². The van der Waals surface area contributed by atoms with Crippen LogP contribution in [-0.4, -0.2) is 33.2 Å². The number of H-pyrrole nitrogens is 1. The van der Waals surface area contributed by atoms with E-state index in [1.165, 1.54) is 19.5 Å². The predicted octanol–water partition coefficient (Wildman–Crippen LogP) is 2.27. The number of hydrogen-bond acceptors (Lipinski definition) is 5. The van der Waals surface area contributed by atoms with Gasteiger partial charge in [0.25, 0.3) is 5.91 Å². The Kier molecular flexibility index (Phi) is 3.41. The zero-order chi connectivity index (χ0) is 14.8. The highest BCUT2D eigenvalue weighted by molar-refractivity contribution is 6.35. The molecule has 21 heavy (non-hydrogen) atoms. The van der Waals surface area contributed by atoms with E-state index in [0.29, 0.717) is 27.5 Å². The molecule has 7 nitrogen and oxygen atoms in total. The smallest absolute Gasteiger partial charge is 0.294 e. The van der Waals surface area contributed by atoms with Crippen LogP contribution in [0, 0.1) is 0 Å². The number of amides is 1. The second-order valence-corrected chi connectivity index (χ2v) is 4.54. The van der Waals surface area contributed by atoms with E-state index in [9.17, 15) is 4.79 Å². The number of para-hydroxylation sites is 1. The lowest BCUT2D eigenvalue weighted by atomic mass is 10.2. The Morgan fingerprint density at radius 1 is 1.33 bits per heavy atom. The molecular weight excluding hydrogens is 294 g/mol. The highest BCUT2D eigenvalue weighted by atomic mass is 35.5. The molecule has 0 fully saturated rings. The number of rotatable bonds is 3. The van der Waals surface area contributed by atoms with Crippen molar-refractivity contribution < 1.29 is 9.53 Å². The average molecular weight is 304 g/mol. The van der Waals surface area contributed by atoms with Gasteiger partial charge in [0.05, 0.1) is 30.0 Å². The van der Waals surface area contributed by atoms with Crippen molar-refractivity contribution in [2.24, 2.45) is 0 Å². The van der Waals surface area contributed by atoms with E-state index in [4.69, 9.17) is 16.3 Å². The molecule has 0 aliphatic carbocycles. The number of ether oxygens (including phenoxy) is 1. The van der Waals surface area contributed by atoms with Crippen LogP contribution < -0.4 is 10.1 Å². The number of fused-ring (bicyclic) bond motifs is 1. The molecule has 2 aromatic heterocycles. The topological polar surface area (TPSA) is 92.8 Å². The summed E-state index contributed by atoms with van der Waals surface area (Å²) < 4.78 is 4.94. The molecule has 0 aliphatic rings. The molecule has 3 rings (SSSR count). The predicted molar refractivity (Wildman–Crippen MR) is 77.6 cm³/mol. The third-order valence-electron chi connectivity index (χ3n) is 2.85. The molecule has 2 heterocycles. The second kappa shape index (κ2) is 5.37.